The molecule has 2 aromatic rings. The summed E-state index contributed by atoms with van der Waals surface area (Å²) in [5.74, 6) is 1.33. The Labute approximate surface area is 203 Å². The van der Waals surface area contributed by atoms with Gasteiger partial charge in [-0.15, -0.1) is 0 Å². The van der Waals surface area contributed by atoms with E-state index in [0.717, 1.165) is 28.3 Å². The van der Waals surface area contributed by atoms with Gasteiger partial charge in [-0.1, -0.05) is 32.9 Å². The third kappa shape index (κ3) is 6.66. The van der Waals surface area contributed by atoms with E-state index in [9.17, 15) is 4.79 Å². The highest BCUT2D eigenvalue weighted by Crippen LogP contribution is 2.45. The number of carbonyl (C=O) groups is 1. The number of benzene rings is 2. The summed E-state index contributed by atoms with van der Waals surface area (Å²) in [5.41, 5.74) is 2.05. The molecule has 1 N–H and O–H groups in total. The standard InChI is InChI=1S/C28H39NO5/c1-18(2)32-25-22-15-20(29-17-19-9-12-21(31-8)13-10-19)11-14-23(22)34-28(6,7)26(25)33-24(30)16-27(3,4)5/h9-15,18,25-26,29H,16-17H2,1-8H3. The molecule has 34 heavy (non-hydrogen) atoms. The van der Waals surface area contributed by atoms with Crippen molar-refractivity contribution >= 4 is 11.7 Å². The van der Waals surface area contributed by atoms with Gasteiger partial charge in [0.1, 0.15) is 23.2 Å². The summed E-state index contributed by atoms with van der Waals surface area (Å²) < 4.78 is 23.9. The Balaban J connectivity index is 1.85. The molecular weight excluding hydrogens is 430 g/mol. The van der Waals surface area contributed by atoms with Crippen LogP contribution >= 0.6 is 0 Å². The summed E-state index contributed by atoms with van der Waals surface area (Å²) in [4.78, 5) is 12.8. The largest absolute Gasteiger partial charge is 0.497 e. The second-order valence-corrected chi connectivity index (χ2v) is 10.9. The van der Waals surface area contributed by atoms with Crippen molar-refractivity contribution in [3.8, 4) is 11.5 Å². The molecule has 6 nitrogen and oxygen atoms in total. The molecule has 0 spiro atoms. The van der Waals surface area contributed by atoms with Crippen LogP contribution in [0.25, 0.3) is 0 Å². The first kappa shape index (κ1) is 25.9. The average molecular weight is 470 g/mol. The van der Waals surface area contributed by atoms with Crippen LogP contribution in [0.2, 0.25) is 0 Å². The lowest BCUT2D eigenvalue weighted by atomic mass is 9.87. The van der Waals surface area contributed by atoms with E-state index in [1.807, 2.05) is 90.9 Å². The zero-order valence-electron chi connectivity index (χ0n) is 21.7. The SMILES string of the molecule is COc1ccc(CNc2ccc3c(c2)C(OC(C)C)C(OC(=O)CC(C)(C)C)C(C)(C)O3)cc1. The first-order valence-electron chi connectivity index (χ1n) is 11.9. The highest BCUT2D eigenvalue weighted by Gasteiger charge is 2.48. The van der Waals surface area contributed by atoms with Gasteiger partial charge in [0.15, 0.2) is 6.10 Å². The van der Waals surface area contributed by atoms with Gasteiger partial charge in [0.2, 0.25) is 0 Å². The molecule has 2 aromatic carbocycles. The maximum Gasteiger partial charge on any atom is 0.306 e. The highest BCUT2D eigenvalue weighted by molar-refractivity contribution is 5.70. The van der Waals surface area contributed by atoms with Crippen molar-refractivity contribution in [1.82, 2.24) is 0 Å². The number of methoxy groups -OCH3 is 1. The van der Waals surface area contributed by atoms with Gasteiger partial charge in [-0.25, -0.2) is 0 Å². The molecule has 6 heteroatoms. The van der Waals surface area contributed by atoms with Crippen molar-refractivity contribution in [2.45, 2.75) is 85.3 Å². The topological polar surface area (TPSA) is 66.0 Å². The van der Waals surface area contributed by atoms with Crippen LogP contribution in [0.3, 0.4) is 0 Å². The molecule has 1 aliphatic heterocycles. The monoisotopic (exact) mass is 469 g/mol. The number of hydrogen-bond acceptors (Lipinski definition) is 6. The van der Waals surface area contributed by atoms with Gasteiger partial charge in [-0.3, -0.25) is 4.79 Å². The minimum Gasteiger partial charge on any atom is -0.497 e. The van der Waals surface area contributed by atoms with E-state index in [2.05, 4.69) is 5.32 Å². The van der Waals surface area contributed by atoms with Gasteiger partial charge < -0.3 is 24.3 Å². The summed E-state index contributed by atoms with van der Waals surface area (Å²) in [6.45, 7) is 14.6. The van der Waals surface area contributed by atoms with E-state index >= 15 is 0 Å². The Kier molecular flexibility index (Phi) is 7.81. The fraction of sp³-hybridized carbons (Fsp3) is 0.536. The van der Waals surface area contributed by atoms with Gasteiger partial charge in [-0.2, -0.15) is 0 Å². The molecule has 0 saturated carbocycles. The summed E-state index contributed by atoms with van der Waals surface area (Å²) in [6.07, 6.45) is -0.740. The molecule has 3 rings (SSSR count). The summed E-state index contributed by atoms with van der Waals surface area (Å²) >= 11 is 0. The van der Waals surface area contributed by atoms with Crippen LogP contribution in [0.5, 0.6) is 11.5 Å². The van der Waals surface area contributed by atoms with Crippen molar-refractivity contribution in [2.24, 2.45) is 5.41 Å². The highest BCUT2D eigenvalue weighted by atomic mass is 16.6. The molecule has 0 amide bonds. The quantitative estimate of drug-likeness (QED) is 0.458. The fourth-order valence-electron chi connectivity index (χ4n) is 4.05. The van der Waals surface area contributed by atoms with E-state index in [4.69, 9.17) is 18.9 Å². The summed E-state index contributed by atoms with van der Waals surface area (Å²) in [7, 11) is 1.66. The lowest BCUT2D eigenvalue weighted by Crippen LogP contribution is -2.52. The van der Waals surface area contributed by atoms with Crippen molar-refractivity contribution in [3.63, 3.8) is 0 Å². The first-order valence-corrected chi connectivity index (χ1v) is 11.9. The molecule has 0 bridgehead atoms. The number of fused-ring (bicyclic) bond motifs is 1. The minimum atomic E-state index is -0.738. The molecule has 2 unspecified atom stereocenters. The zero-order chi connectivity index (χ0) is 25.1. The second-order valence-electron chi connectivity index (χ2n) is 10.9. The Morgan fingerprint density at radius 3 is 2.38 bits per heavy atom. The normalized spacial score (nSPS) is 19.2. The van der Waals surface area contributed by atoms with Gasteiger partial charge in [0.05, 0.1) is 19.6 Å². The van der Waals surface area contributed by atoms with Crippen molar-refractivity contribution in [3.05, 3.63) is 53.6 Å². The molecule has 0 radical (unpaired) electrons. The number of ether oxygens (including phenoxy) is 4. The van der Waals surface area contributed by atoms with Crippen molar-refractivity contribution in [1.29, 1.82) is 0 Å². The number of esters is 1. The number of carbonyl (C=O) groups excluding carboxylic acids is 1. The lowest BCUT2D eigenvalue weighted by Gasteiger charge is -2.44. The first-order chi connectivity index (χ1) is 15.9. The lowest BCUT2D eigenvalue weighted by molar-refractivity contribution is -0.190. The molecule has 0 fully saturated rings. The van der Waals surface area contributed by atoms with Crippen LogP contribution in [0.4, 0.5) is 5.69 Å². The molecule has 186 valence electrons. The van der Waals surface area contributed by atoms with E-state index in [1.165, 1.54) is 0 Å². The Bertz CT molecular complexity index is 975. The molecule has 0 aromatic heterocycles. The van der Waals surface area contributed by atoms with Gasteiger partial charge >= 0.3 is 5.97 Å². The molecule has 0 saturated heterocycles. The molecule has 0 aliphatic carbocycles. The molecule has 1 heterocycles. The van der Waals surface area contributed by atoms with Crippen LogP contribution in [0.15, 0.2) is 42.5 Å². The molecule has 1 aliphatic rings. The Hall–Kier alpha value is -2.73. The maximum absolute atomic E-state index is 12.8. The summed E-state index contributed by atoms with van der Waals surface area (Å²) in [6, 6.07) is 13.9. The van der Waals surface area contributed by atoms with E-state index in [-0.39, 0.29) is 17.5 Å². The molecular formula is C28H39NO5. The number of hydrogen-bond donors (Lipinski definition) is 1. The Morgan fingerprint density at radius 2 is 1.79 bits per heavy atom. The van der Waals surface area contributed by atoms with Crippen LogP contribution in [0.1, 0.15) is 72.1 Å². The summed E-state index contributed by atoms with van der Waals surface area (Å²) in [5, 5.41) is 3.47. The second kappa shape index (κ2) is 10.3. The number of anilines is 1. The fourth-order valence-corrected chi connectivity index (χ4v) is 4.05. The van der Waals surface area contributed by atoms with Gasteiger partial charge in [0.25, 0.3) is 0 Å². The maximum atomic E-state index is 12.8. The van der Waals surface area contributed by atoms with Crippen LogP contribution in [0, 0.1) is 5.41 Å². The van der Waals surface area contributed by atoms with E-state index in [1.54, 1.807) is 7.11 Å². The smallest absolute Gasteiger partial charge is 0.306 e. The number of rotatable bonds is 8. The van der Waals surface area contributed by atoms with E-state index < -0.39 is 17.8 Å². The average Bonchev–Trinajstić information content (AvgIpc) is 2.73. The third-order valence-corrected chi connectivity index (χ3v) is 5.66. The predicted octanol–water partition coefficient (Wildman–Crippen LogP) is 6.29. The minimum absolute atomic E-state index is 0.0496. The predicted molar refractivity (Wildman–Crippen MR) is 134 cm³/mol. The zero-order valence-corrected chi connectivity index (χ0v) is 21.7. The van der Waals surface area contributed by atoms with Crippen LogP contribution < -0.4 is 14.8 Å². The Morgan fingerprint density at radius 1 is 1.12 bits per heavy atom. The van der Waals surface area contributed by atoms with Gasteiger partial charge in [-0.05, 0) is 69.0 Å². The van der Waals surface area contributed by atoms with Crippen LogP contribution in [-0.4, -0.2) is 30.9 Å². The third-order valence-electron chi connectivity index (χ3n) is 5.66. The van der Waals surface area contributed by atoms with Crippen molar-refractivity contribution < 1.29 is 23.7 Å². The molecule has 2 atom stereocenters. The van der Waals surface area contributed by atoms with Crippen LogP contribution in [-0.2, 0) is 20.8 Å². The van der Waals surface area contributed by atoms with E-state index in [0.29, 0.717) is 13.0 Å². The van der Waals surface area contributed by atoms with Crippen molar-refractivity contribution in [2.75, 3.05) is 12.4 Å². The number of nitrogens with one attached hydrogen (secondary N) is 1. The van der Waals surface area contributed by atoms with Gasteiger partial charge in [0, 0.05) is 17.8 Å².